The number of hydrogen-bond donors (Lipinski definition) is 2. The van der Waals surface area contributed by atoms with Gasteiger partial charge in [0, 0.05) is 43.9 Å². The van der Waals surface area contributed by atoms with Crippen molar-refractivity contribution in [2.45, 2.75) is 71.0 Å². The monoisotopic (exact) mass is 392 g/mol. The number of ether oxygens (including phenoxy) is 1. The zero-order chi connectivity index (χ0) is 21.1. The maximum atomic E-state index is 12.2. The van der Waals surface area contributed by atoms with E-state index in [1.807, 2.05) is 6.92 Å². The minimum atomic E-state index is -0.834. The summed E-state index contributed by atoms with van der Waals surface area (Å²) in [6, 6.07) is 0. The van der Waals surface area contributed by atoms with E-state index >= 15 is 0 Å². The van der Waals surface area contributed by atoms with Gasteiger partial charge in [-0.25, -0.2) is 0 Å². The van der Waals surface area contributed by atoms with Crippen LogP contribution < -0.4 is 0 Å². The minimum absolute atomic E-state index is 0.0300. The van der Waals surface area contributed by atoms with Gasteiger partial charge in [0.1, 0.15) is 11.6 Å². The van der Waals surface area contributed by atoms with Crippen molar-refractivity contribution in [2.24, 2.45) is 17.8 Å². The molecule has 0 heterocycles. The molecular weight excluding hydrogens is 360 g/mol. The number of Topliss-reactive ketones (excluding diaryl/α,β-unsaturated/α-hetero) is 2. The summed E-state index contributed by atoms with van der Waals surface area (Å²) in [5.74, 6) is 4.15. The Balaban J connectivity index is 2.59. The summed E-state index contributed by atoms with van der Waals surface area (Å²) < 4.78 is 4.56. The topological polar surface area (TPSA) is 101 Å². The number of ketones is 2. The van der Waals surface area contributed by atoms with Crippen molar-refractivity contribution < 1.29 is 29.3 Å². The second-order valence-corrected chi connectivity index (χ2v) is 7.43. The van der Waals surface area contributed by atoms with Crippen molar-refractivity contribution >= 4 is 17.5 Å². The first kappa shape index (κ1) is 24.1. The molecule has 6 heteroatoms. The SMILES string of the molecule is CC#CCC(C)[C@H](O)C=C[C@H]1[C@H](O)CC(=O)[C@@H]1CC(=O)CCCCC(=O)OC. The van der Waals surface area contributed by atoms with Gasteiger partial charge in [0.15, 0.2) is 0 Å². The molecule has 0 aromatic carbocycles. The molecule has 0 spiro atoms. The number of carbonyl (C=O) groups excluding carboxylic acids is 3. The quantitative estimate of drug-likeness (QED) is 0.242. The molecule has 0 aromatic heterocycles. The van der Waals surface area contributed by atoms with Gasteiger partial charge in [0.05, 0.1) is 19.3 Å². The van der Waals surface area contributed by atoms with Gasteiger partial charge >= 0.3 is 5.97 Å². The molecule has 6 nitrogen and oxygen atoms in total. The van der Waals surface area contributed by atoms with Crippen LogP contribution in [0, 0.1) is 29.6 Å². The Morgan fingerprint density at radius 2 is 2.00 bits per heavy atom. The second kappa shape index (κ2) is 12.5. The number of carbonyl (C=O) groups is 3. The van der Waals surface area contributed by atoms with E-state index in [0.717, 1.165) is 0 Å². The molecule has 1 rings (SSSR count). The molecule has 28 heavy (non-hydrogen) atoms. The minimum Gasteiger partial charge on any atom is -0.469 e. The van der Waals surface area contributed by atoms with Crippen molar-refractivity contribution in [2.75, 3.05) is 7.11 Å². The largest absolute Gasteiger partial charge is 0.469 e. The normalized spacial score (nSPS) is 23.9. The Morgan fingerprint density at radius 3 is 2.64 bits per heavy atom. The van der Waals surface area contributed by atoms with Crippen molar-refractivity contribution in [3.05, 3.63) is 12.2 Å². The summed E-state index contributed by atoms with van der Waals surface area (Å²) in [5.41, 5.74) is 0. The summed E-state index contributed by atoms with van der Waals surface area (Å²) in [6.45, 7) is 3.62. The van der Waals surface area contributed by atoms with Crippen LogP contribution in [-0.4, -0.2) is 47.1 Å². The van der Waals surface area contributed by atoms with E-state index in [1.165, 1.54) is 7.11 Å². The molecule has 0 bridgehead atoms. The number of aliphatic hydroxyl groups is 2. The maximum absolute atomic E-state index is 12.2. The predicted octanol–water partition coefficient (Wildman–Crippen LogP) is 2.21. The van der Waals surface area contributed by atoms with E-state index in [0.29, 0.717) is 25.7 Å². The molecule has 1 aliphatic carbocycles. The van der Waals surface area contributed by atoms with Crippen LogP contribution in [0.5, 0.6) is 0 Å². The summed E-state index contributed by atoms with van der Waals surface area (Å²) >= 11 is 0. The lowest BCUT2D eigenvalue weighted by Crippen LogP contribution is -2.23. The predicted molar refractivity (Wildman–Crippen MR) is 105 cm³/mol. The van der Waals surface area contributed by atoms with Crippen LogP contribution in [0.15, 0.2) is 12.2 Å². The highest BCUT2D eigenvalue weighted by Gasteiger charge is 2.40. The van der Waals surface area contributed by atoms with Gasteiger partial charge in [-0.15, -0.1) is 11.8 Å². The zero-order valence-electron chi connectivity index (χ0n) is 17.0. The van der Waals surface area contributed by atoms with Gasteiger partial charge in [-0.3, -0.25) is 14.4 Å². The molecule has 0 aliphatic heterocycles. The first-order valence-electron chi connectivity index (χ1n) is 9.85. The van der Waals surface area contributed by atoms with E-state index in [1.54, 1.807) is 19.1 Å². The van der Waals surface area contributed by atoms with Crippen molar-refractivity contribution in [3.8, 4) is 11.8 Å². The molecule has 0 amide bonds. The van der Waals surface area contributed by atoms with Crippen LogP contribution in [0.2, 0.25) is 0 Å². The van der Waals surface area contributed by atoms with E-state index < -0.39 is 24.0 Å². The van der Waals surface area contributed by atoms with Crippen LogP contribution in [0.4, 0.5) is 0 Å². The lowest BCUT2D eigenvalue weighted by atomic mass is 9.87. The Morgan fingerprint density at radius 1 is 1.32 bits per heavy atom. The zero-order valence-corrected chi connectivity index (χ0v) is 17.0. The fraction of sp³-hybridized carbons (Fsp3) is 0.682. The third-order valence-corrected chi connectivity index (χ3v) is 5.21. The highest BCUT2D eigenvalue weighted by atomic mass is 16.5. The highest BCUT2D eigenvalue weighted by Crippen LogP contribution is 2.34. The van der Waals surface area contributed by atoms with Gasteiger partial charge in [0.25, 0.3) is 0 Å². The molecule has 5 atom stereocenters. The molecular formula is C22H32O6. The Bertz CT molecular complexity index is 627. The third kappa shape index (κ3) is 7.95. The summed E-state index contributed by atoms with van der Waals surface area (Å²) in [4.78, 5) is 35.5. The Hall–Kier alpha value is -1.97. The number of aliphatic hydroxyl groups excluding tert-OH is 2. The van der Waals surface area contributed by atoms with Gasteiger partial charge < -0.3 is 14.9 Å². The standard InChI is InChI=1S/C22H32O6/c1-4-5-8-15(2)19(24)12-11-17-18(21(26)14-20(17)25)13-16(23)9-6-7-10-22(27)28-3/h11-12,15,17-20,24-25H,6-10,13-14H2,1-3H3/t15?,17-,18-,19-,20-/m1/s1. The molecule has 1 unspecified atom stereocenters. The third-order valence-electron chi connectivity index (χ3n) is 5.21. The van der Waals surface area contributed by atoms with Crippen LogP contribution in [0.3, 0.4) is 0 Å². The van der Waals surface area contributed by atoms with Crippen LogP contribution in [-0.2, 0) is 19.1 Å². The fourth-order valence-electron chi connectivity index (χ4n) is 3.35. The molecule has 2 N–H and O–H groups in total. The number of methoxy groups -OCH3 is 1. The number of hydrogen-bond acceptors (Lipinski definition) is 6. The van der Waals surface area contributed by atoms with Crippen molar-refractivity contribution in [1.82, 2.24) is 0 Å². The maximum Gasteiger partial charge on any atom is 0.305 e. The van der Waals surface area contributed by atoms with Gasteiger partial charge in [-0.05, 0) is 25.7 Å². The van der Waals surface area contributed by atoms with E-state index in [9.17, 15) is 24.6 Å². The van der Waals surface area contributed by atoms with Crippen molar-refractivity contribution in [3.63, 3.8) is 0 Å². The molecule has 1 saturated carbocycles. The van der Waals surface area contributed by atoms with Crippen LogP contribution >= 0.6 is 0 Å². The lowest BCUT2D eigenvalue weighted by Gasteiger charge is -2.18. The van der Waals surface area contributed by atoms with Gasteiger partial charge in [0.2, 0.25) is 0 Å². The molecule has 1 aliphatic rings. The van der Waals surface area contributed by atoms with Crippen LogP contribution in [0.1, 0.15) is 58.8 Å². The smallest absolute Gasteiger partial charge is 0.305 e. The number of unbranched alkanes of at least 4 members (excludes halogenated alkanes) is 1. The first-order valence-corrected chi connectivity index (χ1v) is 9.85. The van der Waals surface area contributed by atoms with Crippen molar-refractivity contribution in [1.29, 1.82) is 0 Å². The number of esters is 1. The number of rotatable bonds is 11. The highest BCUT2D eigenvalue weighted by molar-refractivity contribution is 5.90. The molecule has 1 fully saturated rings. The fourth-order valence-corrected chi connectivity index (χ4v) is 3.35. The summed E-state index contributed by atoms with van der Waals surface area (Å²) in [6.07, 6.45) is 4.07. The van der Waals surface area contributed by atoms with E-state index in [4.69, 9.17) is 0 Å². The first-order chi connectivity index (χ1) is 13.3. The summed E-state index contributed by atoms with van der Waals surface area (Å²) in [5, 5.41) is 20.4. The van der Waals surface area contributed by atoms with E-state index in [2.05, 4.69) is 16.6 Å². The molecule has 0 aromatic rings. The average Bonchev–Trinajstić information content (AvgIpc) is 2.93. The van der Waals surface area contributed by atoms with Gasteiger partial charge in [-0.2, -0.15) is 0 Å². The Kier molecular flexibility index (Phi) is 10.7. The lowest BCUT2D eigenvalue weighted by molar-refractivity contribution is -0.140. The van der Waals surface area contributed by atoms with E-state index in [-0.39, 0.29) is 42.7 Å². The average molecular weight is 392 g/mol. The second-order valence-electron chi connectivity index (χ2n) is 7.43. The summed E-state index contributed by atoms with van der Waals surface area (Å²) in [7, 11) is 1.33. The van der Waals surface area contributed by atoms with Crippen LogP contribution in [0.25, 0.3) is 0 Å². The molecule has 0 saturated heterocycles. The molecule has 0 radical (unpaired) electrons. The Labute approximate surface area is 167 Å². The molecule has 156 valence electrons. The van der Waals surface area contributed by atoms with Gasteiger partial charge in [-0.1, -0.05) is 19.1 Å².